The van der Waals surface area contributed by atoms with Gasteiger partial charge >= 0.3 is 0 Å². The number of phenols is 1. The highest BCUT2D eigenvalue weighted by molar-refractivity contribution is 7.08. The van der Waals surface area contributed by atoms with E-state index in [1.54, 1.807) is 23.5 Å². The van der Waals surface area contributed by atoms with E-state index in [1.165, 1.54) is 0 Å². The number of rotatable bonds is 4. The van der Waals surface area contributed by atoms with E-state index in [4.69, 9.17) is 0 Å². The quantitative estimate of drug-likeness (QED) is 0.740. The molecule has 0 radical (unpaired) electrons. The number of hydrogen-bond acceptors (Lipinski definition) is 4. The number of thiophene rings is 1. The number of phenolic OH excluding ortho intramolecular Hbond substituents is 1. The smallest absolute Gasteiger partial charge is 0.115 e. The zero-order valence-corrected chi connectivity index (χ0v) is 12.6. The molecule has 1 heterocycles. The number of benzene rings is 2. The van der Waals surface area contributed by atoms with Gasteiger partial charge < -0.3 is 10.4 Å². The molecule has 0 amide bonds. The third kappa shape index (κ3) is 3.11. The summed E-state index contributed by atoms with van der Waals surface area (Å²) < 4.78 is 0. The van der Waals surface area contributed by atoms with Crippen molar-refractivity contribution in [1.82, 2.24) is 0 Å². The molecule has 0 saturated heterocycles. The van der Waals surface area contributed by atoms with Gasteiger partial charge in [-0.15, -0.1) is 0 Å². The van der Waals surface area contributed by atoms with Gasteiger partial charge in [0.05, 0.1) is 11.6 Å². The summed E-state index contributed by atoms with van der Waals surface area (Å²) >= 11 is 1.62. The van der Waals surface area contributed by atoms with Gasteiger partial charge in [0, 0.05) is 17.8 Å². The minimum Gasteiger partial charge on any atom is -0.508 e. The van der Waals surface area contributed by atoms with Crippen molar-refractivity contribution in [1.29, 1.82) is 5.26 Å². The van der Waals surface area contributed by atoms with Crippen LogP contribution in [-0.4, -0.2) is 5.11 Å². The summed E-state index contributed by atoms with van der Waals surface area (Å²) in [5.41, 5.74) is 4.73. The van der Waals surface area contributed by atoms with Gasteiger partial charge in [-0.2, -0.15) is 16.6 Å². The van der Waals surface area contributed by atoms with Crippen molar-refractivity contribution < 1.29 is 5.11 Å². The third-order valence-corrected chi connectivity index (χ3v) is 4.09. The van der Waals surface area contributed by atoms with Crippen LogP contribution in [0.2, 0.25) is 0 Å². The molecule has 108 valence electrons. The van der Waals surface area contributed by atoms with Crippen molar-refractivity contribution in [2.45, 2.75) is 6.54 Å². The molecule has 1 aromatic heterocycles. The average molecular weight is 306 g/mol. The lowest BCUT2D eigenvalue weighted by Gasteiger charge is -2.09. The zero-order valence-electron chi connectivity index (χ0n) is 11.8. The molecule has 4 heteroatoms. The van der Waals surface area contributed by atoms with Crippen LogP contribution in [0, 0.1) is 11.3 Å². The molecule has 2 N–H and O–H groups in total. The summed E-state index contributed by atoms with van der Waals surface area (Å²) in [6.45, 7) is 0.662. The summed E-state index contributed by atoms with van der Waals surface area (Å²) in [5.74, 6) is 0.266. The molecule has 0 aliphatic rings. The van der Waals surface area contributed by atoms with Crippen LogP contribution in [0.5, 0.6) is 5.75 Å². The SMILES string of the molecule is N#Cc1ccc(NCc2ccc(O)cc2)cc1-c1ccsc1. The van der Waals surface area contributed by atoms with E-state index in [2.05, 4.69) is 11.4 Å². The Morgan fingerprint density at radius 2 is 1.91 bits per heavy atom. The molecule has 3 rings (SSSR count). The molecular formula is C18H14N2OS. The molecule has 0 spiro atoms. The van der Waals surface area contributed by atoms with Gasteiger partial charge in [0.2, 0.25) is 0 Å². The minimum absolute atomic E-state index is 0.266. The first-order valence-corrected chi connectivity index (χ1v) is 7.79. The van der Waals surface area contributed by atoms with E-state index in [9.17, 15) is 10.4 Å². The topological polar surface area (TPSA) is 56.0 Å². The Bertz CT molecular complexity index is 802. The molecule has 0 fully saturated rings. The Morgan fingerprint density at radius 1 is 1.09 bits per heavy atom. The number of nitrogens with zero attached hydrogens (tertiary/aromatic N) is 1. The largest absolute Gasteiger partial charge is 0.508 e. The van der Waals surface area contributed by atoms with Gasteiger partial charge in [-0.25, -0.2) is 0 Å². The number of anilines is 1. The molecule has 3 aromatic rings. The van der Waals surface area contributed by atoms with Crippen LogP contribution in [0.25, 0.3) is 11.1 Å². The standard InChI is InChI=1S/C18H14N2OS/c19-10-14-3-4-16(9-18(14)15-7-8-22-12-15)20-11-13-1-5-17(21)6-2-13/h1-9,12,20-21H,11H2. The molecule has 0 saturated carbocycles. The van der Waals surface area contributed by atoms with Crippen LogP contribution in [0.3, 0.4) is 0 Å². The lowest BCUT2D eigenvalue weighted by molar-refractivity contribution is 0.475. The summed E-state index contributed by atoms with van der Waals surface area (Å²) in [6, 6.07) is 17.1. The number of nitriles is 1. The fourth-order valence-corrected chi connectivity index (χ4v) is 2.88. The molecule has 3 nitrogen and oxygen atoms in total. The molecule has 0 unspecified atom stereocenters. The van der Waals surface area contributed by atoms with E-state index >= 15 is 0 Å². The van der Waals surface area contributed by atoms with Gasteiger partial charge in [0.15, 0.2) is 0 Å². The number of aromatic hydroxyl groups is 1. The van der Waals surface area contributed by atoms with E-state index in [0.717, 1.165) is 22.4 Å². The van der Waals surface area contributed by atoms with Crippen molar-refractivity contribution >= 4 is 17.0 Å². The van der Waals surface area contributed by atoms with E-state index in [0.29, 0.717) is 12.1 Å². The molecule has 0 bridgehead atoms. The normalized spacial score (nSPS) is 10.1. The Hall–Kier alpha value is -2.77. The van der Waals surface area contributed by atoms with Crippen molar-refractivity contribution in [2.24, 2.45) is 0 Å². The maximum absolute atomic E-state index is 9.29. The van der Waals surface area contributed by atoms with Crippen LogP contribution in [-0.2, 0) is 6.54 Å². The van der Waals surface area contributed by atoms with Crippen molar-refractivity contribution in [3.05, 3.63) is 70.4 Å². The van der Waals surface area contributed by atoms with Gasteiger partial charge in [-0.1, -0.05) is 12.1 Å². The average Bonchev–Trinajstić information content (AvgIpc) is 3.08. The van der Waals surface area contributed by atoms with Gasteiger partial charge in [-0.3, -0.25) is 0 Å². The fraction of sp³-hybridized carbons (Fsp3) is 0.0556. The first-order chi connectivity index (χ1) is 10.8. The first-order valence-electron chi connectivity index (χ1n) is 6.85. The zero-order chi connectivity index (χ0) is 15.4. The Morgan fingerprint density at radius 3 is 2.59 bits per heavy atom. The summed E-state index contributed by atoms with van der Waals surface area (Å²) in [4.78, 5) is 0. The maximum atomic E-state index is 9.29. The maximum Gasteiger partial charge on any atom is 0.115 e. The highest BCUT2D eigenvalue weighted by Crippen LogP contribution is 2.28. The van der Waals surface area contributed by atoms with Crippen molar-refractivity contribution in [2.75, 3.05) is 5.32 Å². The Kier molecular flexibility index (Phi) is 4.08. The highest BCUT2D eigenvalue weighted by atomic mass is 32.1. The van der Waals surface area contributed by atoms with Gasteiger partial charge in [0.25, 0.3) is 0 Å². The number of nitrogens with one attached hydrogen (secondary N) is 1. The minimum atomic E-state index is 0.266. The van der Waals surface area contributed by atoms with Crippen LogP contribution < -0.4 is 5.32 Å². The molecule has 2 aromatic carbocycles. The summed E-state index contributed by atoms with van der Waals surface area (Å²) in [7, 11) is 0. The van der Waals surface area contributed by atoms with E-state index in [1.807, 2.05) is 47.2 Å². The Labute approximate surface area is 133 Å². The monoisotopic (exact) mass is 306 g/mol. The predicted molar refractivity (Wildman–Crippen MR) is 89.9 cm³/mol. The second-order valence-electron chi connectivity index (χ2n) is 4.90. The molecule has 0 aliphatic heterocycles. The third-order valence-electron chi connectivity index (χ3n) is 3.41. The van der Waals surface area contributed by atoms with Crippen LogP contribution in [0.1, 0.15) is 11.1 Å². The summed E-state index contributed by atoms with van der Waals surface area (Å²) in [5, 5.41) is 25.9. The van der Waals surface area contributed by atoms with Crippen LogP contribution >= 0.6 is 11.3 Å². The molecule has 22 heavy (non-hydrogen) atoms. The van der Waals surface area contributed by atoms with E-state index < -0.39 is 0 Å². The van der Waals surface area contributed by atoms with Crippen molar-refractivity contribution in [3.8, 4) is 22.9 Å². The van der Waals surface area contributed by atoms with Crippen molar-refractivity contribution in [3.63, 3.8) is 0 Å². The van der Waals surface area contributed by atoms with Gasteiger partial charge in [0.1, 0.15) is 5.75 Å². The van der Waals surface area contributed by atoms with Crippen LogP contribution in [0.15, 0.2) is 59.3 Å². The Balaban J connectivity index is 1.81. The molecule has 0 atom stereocenters. The first kappa shape index (κ1) is 14.2. The second kappa shape index (κ2) is 6.33. The lowest BCUT2D eigenvalue weighted by Crippen LogP contribution is -1.99. The van der Waals surface area contributed by atoms with Gasteiger partial charge in [-0.05, 0) is 58.3 Å². The predicted octanol–water partition coefficient (Wildman–Crippen LogP) is 4.60. The summed E-state index contributed by atoms with van der Waals surface area (Å²) in [6.07, 6.45) is 0. The molecular weight excluding hydrogens is 292 g/mol. The fourth-order valence-electron chi connectivity index (χ4n) is 2.23. The second-order valence-corrected chi connectivity index (χ2v) is 5.68. The number of hydrogen-bond donors (Lipinski definition) is 2. The highest BCUT2D eigenvalue weighted by Gasteiger charge is 2.07. The lowest BCUT2D eigenvalue weighted by atomic mass is 10.0. The van der Waals surface area contributed by atoms with E-state index in [-0.39, 0.29) is 5.75 Å². The van der Waals surface area contributed by atoms with Crippen LogP contribution in [0.4, 0.5) is 5.69 Å². The molecule has 0 aliphatic carbocycles.